The molecule has 19 heavy (non-hydrogen) atoms. The number of hydrogen-bond acceptors (Lipinski definition) is 7. The molecule has 1 saturated heterocycles. The molecule has 3 aliphatic rings. The van der Waals surface area contributed by atoms with E-state index >= 15 is 0 Å². The number of nitrogens with zero attached hydrogens (tertiary/aromatic N) is 1. The van der Waals surface area contributed by atoms with Crippen LogP contribution >= 0.6 is 11.8 Å². The van der Waals surface area contributed by atoms with Gasteiger partial charge in [0, 0.05) is 7.05 Å². The number of hydrogen-bond donors (Lipinski definition) is 4. The largest absolute Gasteiger partial charge is 0.388 e. The fourth-order valence-corrected chi connectivity index (χ4v) is 3.59. The maximum Gasteiger partial charge on any atom is 0.159 e. The van der Waals surface area contributed by atoms with E-state index in [0.717, 1.165) is 0 Å². The Balaban J connectivity index is 1.84. The molecule has 0 amide bonds. The van der Waals surface area contributed by atoms with Gasteiger partial charge in [0.1, 0.15) is 35.4 Å². The Bertz CT molecular complexity index is 453. The van der Waals surface area contributed by atoms with Crippen molar-refractivity contribution >= 4 is 16.9 Å². The third-order valence-electron chi connectivity index (χ3n) is 3.57. The number of thioether (sulfide) groups is 1. The van der Waals surface area contributed by atoms with Gasteiger partial charge in [-0.2, -0.15) is 0 Å². The second-order valence-corrected chi connectivity index (χ2v) is 5.89. The number of amidine groups is 1. The van der Waals surface area contributed by atoms with Gasteiger partial charge in [-0.3, -0.25) is 4.99 Å². The summed E-state index contributed by atoms with van der Waals surface area (Å²) in [6.45, 7) is 0. The molecule has 2 heterocycles. The highest BCUT2D eigenvalue weighted by molar-refractivity contribution is 8.14. The fraction of sp³-hybridized carbons (Fsp3) is 0.583. The molecule has 7 heteroatoms. The van der Waals surface area contributed by atoms with Gasteiger partial charge in [0.2, 0.25) is 0 Å². The van der Waals surface area contributed by atoms with Gasteiger partial charge in [0.25, 0.3) is 0 Å². The number of aliphatic hydroxyl groups excluding tert-OH is 2. The van der Waals surface area contributed by atoms with E-state index in [1.54, 1.807) is 31.4 Å². The van der Waals surface area contributed by atoms with Gasteiger partial charge in [0.15, 0.2) is 5.17 Å². The average molecular weight is 284 g/mol. The zero-order chi connectivity index (χ0) is 13.6. The van der Waals surface area contributed by atoms with Crippen LogP contribution in [0.25, 0.3) is 0 Å². The predicted octanol–water partition coefficient (Wildman–Crippen LogP) is -1.02. The molecule has 0 bridgehead atoms. The van der Waals surface area contributed by atoms with Crippen LogP contribution in [0.5, 0.6) is 0 Å². The van der Waals surface area contributed by atoms with Crippen LogP contribution in [0.2, 0.25) is 0 Å². The number of aliphatic imine (C=N–C) groups is 1. The summed E-state index contributed by atoms with van der Waals surface area (Å²) in [5.74, 6) is 0. The van der Waals surface area contributed by atoms with E-state index in [4.69, 9.17) is 4.74 Å². The van der Waals surface area contributed by atoms with E-state index in [1.807, 2.05) is 0 Å². The molecule has 0 aromatic carbocycles. The molecule has 104 valence electrons. The Labute approximate surface area is 114 Å². The summed E-state index contributed by atoms with van der Waals surface area (Å²) >= 11 is 1.35. The van der Waals surface area contributed by atoms with Crippen molar-refractivity contribution in [3.05, 3.63) is 24.3 Å². The number of allylic oxidation sites excluding steroid dienone is 2. The highest BCUT2D eigenvalue weighted by Gasteiger charge is 2.53. The van der Waals surface area contributed by atoms with Crippen molar-refractivity contribution in [1.82, 2.24) is 5.32 Å². The number of fused-ring (bicyclic) bond motifs is 1. The minimum atomic E-state index is -1.38. The van der Waals surface area contributed by atoms with Crippen molar-refractivity contribution in [3.63, 3.8) is 0 Å². The van der Waals surface area contributed by atoms with E-state index in [0.29, 0.717) is 5.17 Å². The van der Waals surface area contributed by atoms with Crippen molar-refractivity contribution in [3.8, 4) is 0 Å². The normalized spacial score (nSPS) is 43.2. The van der Waals surface area contributed by atoms with E-state index < -0.39 is 35.4 Å². The molecule has 0 radical (unpaired) electrons. The van der Waals surface area contributed by atoms with Gasteiger partial charge in [-0.1, -0.05) is 23.9 Å². The third-order valence-corrected chi connectivity index (χ3v) is 4.73. The van der Waals surface area contributed by atoms with Crippen LogP contribution in [-0.2, 0) is 4.74 Å². The second-order valence-electron chi connectivity index (χ2n) is 4.80. The second kappa shape index (κ2) is 4.60. The zero-order valence-electron chi connectivity index (χ0n) is 10.3. The van der Waals surface area contributed by atoms with Crippen LogP contribution in [0.4, 0.5) is 0 Å². The number of aliphatic hydroxyl groups is 3. The molecule has 0 saturated carbocycles. The molecule has 3 rings (SSSR count). The SMILES string of the molecule is CNC1=N[C@@H]2[C@@H](O)[C@H](O)[C@@H](C3(O)C=CC=C3)O[C@@H]2S1. The van der Waals surface area contributed by atoms with Gasteiger partial charge in [-0.05, 0) is 12.2 Å². The molecule has 4 N–H and O–H groups in total. The smallest absolute Gasteiger partial charge is 0.159 e. The lowest BCUT2D eigenvalue weighted by atomic mass is 9.87. The van der Waals surface area contributed by atoms with Crippen molar-refractivity contribution < 1.29 is 20.1 Å². The molecule has 2 aliphatic heterocycles. The quantitative estimate of drug-likeness (QED) is 0.492. The monoisotopic (exact) mass is 284 g/mol. The summed E-state index contributed by atoms with van der Waals surface area (Å²) in [4.78, 5) is 4.26. The van der Waals surface area contributed by atoms with Crippen LogP contribution in [0, 0.1) is 0 Å². The lowest BCUT2D eigenvalue weighted by Crippen LogP contribution is -2.61. The van der Waals surface area contributed by atoms with E-state index in [2.05, 4.69) is 10.3 Å². The summed E-state index contributed by atoms with van der Waals surface area (Å²) in [5.41, 5.74) is -1.79. The van der Waals surface area contributed by atoms with Crippen LogP contribution in [-0.4, -0.2) is 62.9 Å². The maximum absolute atomic E-state index is 10.4. The minimum absolute atomic E-state index is 0.405. The van der Waals surface area contributed by atoms with Gasteiger partial charge in [-0.15, -0.1) is 0 Å². The fourth-order valence-electron chi connectivity index (χ4n) is 2.53. The summed E-state index contributed by atoms with van der Waals surface area (Å²) in [7, 11) is 1.74. The van der Waals surface area contributed by atoms with E-state index in [9.17, 15) is 15.3 Å². The topological polar surface area (TPSA) is 94.3 Å². The first-order valence-corrected chi connectivity index (χ1v) is 6.96. The molecule has 0 aromatic heterocycles. The maximum atomic E-state index is 10.4. The Morgan fingerprint density at radius 3 is 2.63 bits per heavy atom. The van der Waals surface area contributed by atoms with Crippen LogP contribution < -0.4 is 5.32 Å². The highest BCUT2D eigenvalue weighted by atomic mass is 32.2. The molecule has 6 nitrogen and oxygen atoms in total. The molecule has 5 atom stereocenters. The first-order valence-electron chi connectivity index (χ1n) is 6.08. The number of nitrogens with one attached hydrogen (secondary N) is 1. The Morgan fingerprint density at radius 2 is 2.00 bits per heavy atom. The van der Waals surface area contributed by atoms with Gasteiger partial charge >= 0.3 is 0 Å². The Morgan fingerprint density at radius 1 is 1.32 bits per heavy atom. The average Bonchev–Trinajstić information content (AvgIpc) is 3.00. The third kappa shape index (κ3) is 2.02. The lowest BCUT2D eigenvalue weighted by molar-refractivity contribution is -0.193. The van der Waals surface area contributed by atoms with Crippen molar-refractivity contribution in [2.75, 3.05) is 7.05 Å². The summed E-state index contributed by atoms with van der Waals surface area (Å²) < 4.78 is 5.76. The van der Waals surface area contributed by atoms with Gasteiger partial charge in [0.05, 0.1) is 0 Å². The van der Waals surface area contributed by atoms with Gasteiger partial charge < -0.3 is 25.4 Å². The molecular formula is C12H16N2O4S. The van der Waals surface area contributed by atoms with Gasteiger partial charge in [-0.25, -0.2) is 0 Å². The Kier molecular flexibility index (Phi) is 3.18. The molecule has 0 unspecified atom stereocenters. The standard InChI is InChI=1S/C12H16N2O4S/c1-13-11-14-6-7(15)8(16)9(18-10(6)19-11)12(17)4-2-3-5-12/h2-10,15-17H,1H3,(H,13,14)/t6-,7-,8+,9+,10-/m1/s1. The lowest BCUT2D eigenvalue weighted by Gasteiger charge is -2.43. The van der Waals surface area contributed by atoms with E-state index in [-0.39, 0.29) is 0 Å². The van der Waals surface area contributed by atoms with Crippen molar-refractivity contribution in [1.29, 1.82) is 0 Å². The molecular weight excluding hydrogens is 268 g/mol. The van der Waals surface area contributed by atoms with Crippen LogP contribution in [0.15, 0.2) is 29.3 Å². The van der Waals surface area contributed by atoms with Crippen molar-refractivity contribution in [2.24, 2.45) is 4.99 Å². The number of ether oxygens (including phenoxy) is 1. The summed E-state index contributed by atoms with van der Waals surface area (Å²) in [6, 6.07) is -0.517. The molecule has 1 aliphatic carbocycles. The van der Waals surface area contributed by atoms with Crippen LogP contribution in [0.1, 0.15) is 0 Å². The molecule has 1 fully saturated rings. The van der Waals surface area contributed by atoms with E-state index in [1.165, 1.54) is 11.8 Å². The zero-order valence-corrected chi connectivity index (χ0v) is 11.1. The summed E-state index contributed by atoms with van der Waals surface area (Å²) in [6.07, 6.45) is 3.31. The summed E-state index contributed by atoms with van der Waals surface area (Å²) in [5, 5.41) is 34.3. The predicted molar refractivity (Wildman–Crippen MR) is 71.8 cm³/mol. The molecule has 0 spiro atoms. The van der Waals surface area contributed by atoms with Crippen LogP contribution in [0.3, 0.4) is 0 Å². The minimum Gasteiger partial charge on any atom is -0.388 e. The Hall–Kier alpha value is -0.860. The molecule has 0 aromatic rings. The first-order chi connectivity index (χ1) is 9.05. The van der Waals surface area contributed by atoms with Crippen molar-refractivity contribution in [2.45, 2.75) is 35.4 Å². The first kappa shape index (κ1) is 13.1. The highest BCUT2D eigenvalue weighted by Crippen LogP contribution is 2.39. The number of rotatable bonds is 1.